The summed E-state index contributed by atoms with van der Waals surface area (Å²) in [4.78, 5) is 19.9. The molecule has 0 radical (unpaired) electrons. The van der Waals surface area contributed by atoms with Gasteiger partial charge in [0.2, 0.25) is 0 Å². The van der Waals surface area contributed by atoms with E-state index in [1.807, 2.05) is 19.1 Å². The summed E-state index contributed by atoms with van der Waals surface area (Å²) in [5.41, 5.74) is 2.74. The summed E-state index contributed by atoms with van der Waals surface area (Å²) >= 11 is 0. The molecule has 1 saturated heterocycles. The van der Waals surface area contributed by atoms with Crippen LogP contribution in [0.15, 0.2) is 12.1 Å². The fourth-order valence-corrected chi connectivity index (χ4v) is 3.65. The molecule has 1 aromatic rings. The maximum atomic E-state index is 12.6. The first-order valence-corrected chi connectivity index (χ1v) is 9.64. The third-order valence-corrected chi connectivity index (χ3v) is 5.31. The van der Waals surface area contributed by atoms with Crippen LogP contribution < -0.4 is 5.32 Å². The number of rotatable bonds is 8. The van der Waals surface area contributed by atoms with Gasteiger partial charge in [0.05, 0.1) is 11.3 Å². The Balaban J connectivity index is 1.61. The Hall–Kier alpha value is -1.46. The molecule has 1 aromatic heterocycles. The number of nitrogens with zero attached hydrogens (tertiary/aromatic N) is 2. The number of pyridine rings is 1. The van der Waals surface area contributed by atoms with Gasteiger partial charge in [0.25, 0.3) is 5.91 Å². The average molecular weight is 345 g/mol. The molecule has 5 nitrogen and oxygen atoms in total. The van der Waals surface area contributed by atoms with Gasteiger partial charge >= 0.3 is 0 Å². The molecule has 0 atom stereocenters. The molecule has 25 heavy (non-hydrogen) atoms. The fraction of sp³-hybridized carbons (Fsp3) is 0.700. The lowest BCUT2D eigenvalue weighted by Gasteiger charge is -2.32. The molecule has 1 N–H and O–H groups in total. The monoisotopic (exact) mass is 345 g/mol. The topological polar surface area (TPSA) is 54.5 Å². The van der Waals surface area contributed by atoms with Gasteiger partial charge in [-0.2, -0.15) is 0 Å². The lowest BCUT2D eigenvalue weighted by atomic mass is 9.89. The minimum Gasteiger partial charge on any atom is -0.385 e. The Morgan fingerprint density at radius 2 is 2.04 bits per heavy atom. The number of methoxy groups -OCH3 is 1. The van der Waals surface area contributed by atoms with E-state index in [-0.39, 0.29) is 5.91 Å². The molecule has 3 rings (SSSR count). The second-order valence-electron chi connectivity index (χ2n) is 7.51. The number of hydrogen-bond acceptors (Lipinski definition) is 4. The average Bonchev–Trinajstić information content (AvgIpc) is 3.43. The van der Waals surface area contributed by atoms with Crippen LogP contribution in [0.25, 0.3) is 0 Å². The van der Waals surface area contributed by atoms with E-state index >= 15 is 0 Å². The van der Waals surface area contributed by atoms with Gasteiger partial charge in [-0.15, -0.1) is 0 Å². The van der Waals surface area contributed by atoms with Crippen LogP contribution >= 0.6 is 0 Å². The summed E-state index contributed by atoms with van der Waals surface area (Å²) in [6.45, 7) is 6.84. The van der Waals surface area contributed by atoms with Gasteiger partial charge in [-0.1, -0.05) is 0 Å². The van der Waals surface area contributed by atoms with E-state index in [9.17, 15) is 4.79 Å². The van der Waals surface area contributed by atoms with E-state index in [2.05, 4.69) is 10.2 Å². The molecular formula is C20H31N3O2. The highest BCUT2D eigenvalue weighted by Gasteiger charge is 2.29. The number of aryl methyl sites for hydroxylation is 1. The number of amides is 1. The van der Waals surface area contributed by atoms with Crippen molar-refractivity contribution in [3.8, 4) is 0 Å². The van der Waals surface area contributed by atoms with Gasteiger partial charge in [-0.05, 0) is 70.2 Å². The van der Waals surface area contributed by atoms with E-state index in [0.717, 1.165) is 55.2 Å². The molecule has 0 spiro atoms. The Kier molecular flexibility index (Phi) is 6.43. The van der Waals surface area contributed by atoms with Crippen LogP contribution in [0.2, 0.25) is 0 Å². The van der Waals surface area contributed by atoms with Gasteiger partial charge in [0.1, 0.15) is 0 Å². The number of piperidine rings is 1. The highest BCUT2D eigenvalue weighted by atomic mass is 16.5. The predicted octanol–water partition coefficient (Wildman–Crippen LogP) is 2.75. The van der Waals surface area contributed by atoms with E-state index in [0.29, 0.717) is 19.1 Å². The van der Waals surface area contributed by atoms with Gasteiger partial charge in [0, 0.05) is 38.4 Å². The first-order chi connectivity index (χ1) is 12.2. The molecule has 1 saturated carbocycles. The van der Waals surface area contributed by atoms with Crippen LogP contribution in [0.3, 0.4) is 0 Å². The predicted molar refractivity (Wildman–Crippen MR) is 98.9 cm³/mol. The van der Waals surface area contributed by atoms with E-state index in [1.54, 1.807) is 7.11 Å². The second kappa shape index (κ2) is 8.77. The third kappa shape index (κ3) is 5.25. The van der Waals surface area contributed by atoms with Crippen molar-refractivity contribution >= 4 is 5.91 Å². The SMILES string of the molecule is COCCCNC(=O)c1ccc(C)nc1C1CCN(CC2CC2)CC1. The highest BCUT2D eigenvalue weighted by Crippen LogP contribution is 2.33. The molecule has 0 bridgehead atoms. The van der Waals surface area contributed by atoms with Crippen LogP contribution in [0.1, 0.15) is 59.8 Å². The summed E-state index contributed by atoms with van der Waals surface area (Å²) in [6.07, 6.45) is 5.86. The third-order valence-electron chi connectivity index (χ3n) is 5.31. The molecule has 2 aliphatic rings. The highest BCUT2D eigenvalue weighted by molar-refractivity contribution is 5.95. The molecule has 1 amide bonds. The molecule has 1 aliphatic heterocycles. The Morgan fingerprint density at radius 3 is 2.72 bits per heavy atom. The fourth-order valence-electron chi connectivity index (χ4n) is 3.65. The van der Waals surface area contributed by atoms with Gasteiger partial charge in [-0.25, -0.2) is 0 Å². The number of likely N-dealkylation sites (tertiary alicyclic amines) is 1. The maximum Gasteiger partial charge on any atom is 0.253 e. The van der Waals surface area contributed by atoms with Gasteiger partial charge < -0.3 is 15.0 Å². The van der Waals surface area contributed by atoms with Crippen molar-refractivity contribution in [2.75, 3.05) is 39.9 Å². The van der Waals surface area contributed by atoms with E-state index < -0.39 is 0 Å². The van der Waals surface area contributed by atoms with Crippen molar-refractivity contribution in [1.82, 2.24) is 15.2 Å². The van der Waals surface area contributed by atoms with Crippen molar-refractivity contribution in [2.45, 2.75) is 44.9 Å². The van der Waals surface area contributed by atoms with Crippen LogP contribution in [-0.4, -0.2) is 55.7 Å². The molecular weight excluding hydrogens is 314 g/mol. The summed E-state index contributed by atoms with van der Waals surface area (Å²) < 4.78 is 5.04. The standard InChI is InChI=1S/C20H31N3O2/c1-15-4-7-18(20(24)21-10-3-13-25-2)19(22-15)17-8-11-23(12-9-17)14-16-5-6-16/h4,7,16-17H,3,5-6,8-14H2,1-2H3,(H,21,24). The van der Waals surface area contributed by atoms with Crippen LogP contribution in [-0.2, 0) is 4.74 Å². The van der Waals surface area contributed by atoms with Crippen molar-refractivity contribution in [2.24, 2.45) is 5.92 Å². The zero-order valence-electron chi connectivity index (χ0n) is 15.6. The Labute approximate surface area is 151 Å². The maximum absolute atomic E-state index is 12.6. The molecule has 1 aliphatic carbocycles. The van der Waals surface area contributed by atoms with Crippen molar-refractivity contribution in [3.63, 3.8) is 0 Å². The Morgan fingerprint density at radius 1 is 1.28 bits per heavy atom. The number of carbonyl (C=O) groups is 1. The van der Waals surface area contributed by atoms with E-state index in [4.69, 9.17) is 9.72 Å². The smallest absolute Gasteiger partial charge is 0.253 e. The lowest BCUT2D eigenvalue weighted by Crippen LogP contribution is -2.35. The van der Waals surface area contributed by atoms with Gasteiger partial charge in [0.15, 0.2) is 0 Å². The lowest BCUT2D eigenvalue weighted by molar-refractivity contribution is 0.0945. The Bertz CT molecular complexity index is 578. The van der Waals surface area contributed by atoms with Crippen molar-refractivity contribution in [1.29, 1.82) is 0 Å². The first-order valence-electron chi connectivity index (χ1n) is 9.64. The first kappa shape index (κ1) is 18.3. The van der Waals surface area contributed by atoms with E-state index in [1.165, 1.54) is 19.4 Å². The van der Waals surface area contributed by atoms with Crippen LogP contribution in [0, 0.1) is 12.8 Å². The summed E-state index contributed by atoms with van der Waals surface area (Å²) in [6, 6.07) is 3.88. The molecule has 2 fully saturated rings. The molecule has 2 heterocycles. The normalized spacial score (nSPS) is 19.1. The zero-order valence-corrected chi connectivity index (χ0v) is 15.6. The van der Waals surface area contributed by atoms with Gasteiger partial charge in [-0.3, -0.25) is 9.78 Å². The summed E-state index contributed by atoms with van der Waals surface area (Å²) in [5.74, 6) is 1.34. The van der Waals surface area contributed by atoms with Crippen molar-refractivity contribution in [3.05, 3.63) is 29.1 Å². The van der Waals surface area contributed by atoms with Crippen LogP contribution in [0.4, 0.5) is 0 Å². The number of hydrogen-bond donors (Lipinski definition) is 1. The molecule has 138 valence electrons. The molecule has 0 unspecified atom stereocenters. The quantitative estimate of drug-likeness (QED) is 0.736. The minimum absolute atomic E-state index is 0.000914. The van der Waals surface area contributed by atoms with Crippen LogP contribution in [0.5, 0.6) is 0 Å². The summed E-state index contributed by atoms with van der Waals surface area (Å²) in [5, 5.41) is 3.01. The largest absolute Gasteiger partial charge is 0.385 e. The number of carbonyl (C=O) groups excluding carboxylic acids is 1. The zero-order chi connectivity index (χ0) is 17.6. The number of aromatic nitrogens is 1. The minimum atomic E-state index is -0.000914. The number of nitrogens with one attached hydrogen (secondary N) is 1. The molecule has 5 heteroatoms. The second-order valence-corrected chi connectivity index (χ2v) is 7.51. The van der Waals surface area contributed by atoms with Crippen molar-refractivity contribution < 1.29 is 9.53 Å². The summed E-state index contributed by atoms with van der Waals surface area (Å²) in [7, 11) is 1.68. The molecule has 0 aromatic carbocycles. The number of ether oxygens (including phenoxy) is 1.